The summed E-state index contributed by atoms with van der Waals surface area (Å²) in [7, 11) is 1.59. The number of hydrogen-bond donors (Lipinski definition) is 1. The van der Waals surface area contributed by atoms with Crippen molar-refractivity contribution >= 4 is 11.9 Å². The number of carbonyl (C=O) groups excluding carboxylic acids is 1. The summed E-state index contributed by atoms with van der Waals surface area (Å²) in [4.78, 5) is 24.9. The molecule has 2 rings (SSSR count). The number of furan rings is 1. The smallest absolute Gasteiger partial charge is 0.339 e. The molecule has 122 valence electrons. The number of carboxylic acids is 1. The third-order valence-corrected chi connectivity index (χ3v) is 3.69. The zero-order chi connectivity index (χ0) is 17.1. The standard InChI is InChI=1S/C17H18FNO4/c1-10(12-5-4-6-13(18)7-12)16(20)19(3)9-14-8-15(17(21)22)11(2)23-14/h4-8,10H,9H2,1-3H3,(H,21,22). The average Bonchev–Trinajstić information content (AvgIpc) is 2.86. The Morgan fingerprint density at radius 3 is 2.61 bits per heavy atom. The van der Waals surface area contributed by atoms with Crippen molar-refractivity contribution in [1.29, 1.82) is 0 Å². The number of likely N-dealkylation sites (N-methyl/N-ethyl adjacent to an activating group) is 1. The lowest BCUT2D eigenvalue weighted by molar-refractivity contribution is -0.131. The number of benzene rings is 1. The SMILES string of the molecule is Cc1oc(CN(C)C(=O)C(C)c2cccc(F)c2)cc1C(=O)O. The van der Waals surface area contributed by atoms with E-state index in [4.69, 9.17) is 9.52 Å². The maximum Gasteiger partial charge on any atom is 0.339 e. The van der Waals surface area contributed by atoms with Crippen LogP contribution in [0.4, 0.5) is 4.39 Å². The number of hydrogen-bond acceptors (Lipinski definition) is 3. The highest BCUT2D eigenvalue weighted by molar-refractivity contribution is 5.89. The first-order chi connectivity index (χ1) is 10.8. The van der Waals surface area contributed by atoms with E-state index < -0.39 is 17.7 Å². The fraction of sp³-hybridized carbons (Fsp3) is 0.294. The Labute approximate surface area is 133 Å². The predicted molar refractivity (Wildman–Crippen MR) is 81.7 cm³/mol. The topological polar surface area (TPSA) is 70.8 Å². The van der Waals surface area contributed by atoms with E-state index in [2.05, 4.69) is 0 Å². The number of carboxylic acid groups (broad SMARTS) is 1. The van der Waals surface area contributed by atoms with Crippen molar-refractivity contribution < 1.29 is 23.5 Å². The van der Waals surface area contributed by atoms with Crippen LogP contribution in [-0.2, 0) is 11.3 Å². The fourth-order valence-corrected chi connectivity index (χ4v) is 2.39. The van der Waals surface area contributed by atoms with Gasteiger partial charge in [0.2, 0.25) is 5.91 Å². The number of rotatable bonds is 5. The number of amides is 1. The van der Waals surface area contributed by atoms with Crippen molar-refractivity contribution in [2.24, 2.45) is 0 Å². The van der Waals surface area contributed by atoms with Crippen molar-refractivity contribution in [2.75, 3.05) is 7.05 Å². The number of nitrogens with zero attached hydrogens (tertiary/aromatic N) is 1. The van der Waals surface area contributed by atoms with Gasteiger partial charge in [-0.15, -0.1) is 0 Å². The zero-order valence-corrected chi connectivity index (χ0v) is 13.2. The second kappa shape index (κ2) is 6.64. The van der Waals surface area contributed by atoms with Crippen molar-refractivity contribution in [3.63, 3.8) is 0 Å². The molecule has 0 spiro atoms. The number of aromatic carboxylic acids is 1. The van der Waals surface area contributed by atoms with E-state index in [0.717, 1.165) is 0 Å². The lowest BCUT2D eigenvalue weighted by Crippen LogP contribution is -2.30. The Morgan fingerprint density at radius 2 is 2.04 bits per heavy atom. The van der Waals surface area contributed by atoms with Crippen molar-refractivity contribution in [3.8, 4) is 0 Å². The molecule has 23 heavy (non-hydrogen) atoms. The lowest BCUT2D eigenvalue weighted by atomic mass is 10.00. The summed E-state index contributed by atoms with van der Waals surface area (Å²) in [6, 6.07) is 7.32. The summed E-state index contributed by atoms with van der Waals surface area (Å²) in [6.07, 6.45) is 0. The quantitative estimate of drug-likeness (QED) is 0.919. The van der Waals surface area contributed by atoms with Gasteiger partial charge < -0.3 is 14.4 Å². The van der Waals surface area contributed by atoms with Crippen LogP contribution in [0.25, 0.3) is 0 Å². The summed E-state index contributed by atoms with van der Waals surface area (Å²) < 4.78 is 18.6. The lowest BCUT2D eigenvalue weighted by Gasteiger charge is -2.20. The van der Waals surface area contributed by atoms with E-state index in [0.29, 0.717) is 17.1 Å². The molecule has 0 aliphatic rings. The third-order valence-electron chi connectivity index (χ3n) is 3.69. The monoisotopic (exact) mass is 319 g/mol. The van der Waals surface area contributed by atoms with E-state index in [1.54, 1.807) is 33.0 Å². The van der Waals surface area contributed by atoms with Crippen LogP contribution >= 0.6 is 0 Å². The van der Waals surface area contributed by atoms with E-state index in [1.165, 1.54) is 23.1 Å². The van der Waals surface area contributed by atoms with Gasteiger partial charge in [-0.25, -0.2) is 9.18 Å². The molecule has 1 heterocycles. The van der Waals surface area contributed by atoms with Crippen LogP contribution in [0.3, 0.4) is 0 Å². The van der Waals surface area contributed by atoms with E-state index in [-0.39, 0.29) is 18.0 Å². The van der Waals surface area contributed by atoms with Crippen LogP contribution in [0.15, 0.2) is 34.7 Å². The van der Waals surface area contributed by atoms with Crippen molar-refractivity contribution in [2.45, 2.75) is 26.3 Å². The molecule has 0 bridgehead atoms. The summed E-state index contributed by atoms with van der Waals surface area (Å²) >= 11 is 0. The van der Waals surface area contributed by atoms with Crippen molar-refractivity contribution in [3.05, 3.63) is 58.8 Å². The molecule has 6 heteroatoms. The summed E-state index contributed by atoms with van der Waals surface area (Å²) in [5.41, 5.74) is 0.669. The van der Waals surface area contributed by atoms with E-state index in [9.17, 15) is 14.0 Å². The van der Waals surface area contributed by atoms with Crippen LogP contribution in [-0.4, -0.2) is 28.9 Å². The molecule has 0 fully saturated rings. The van der Waals surface area contributed by atoms with Crippen LogP contribution in [0.1, 0.15) is 40.3 Å². The Morgan fingerprint density at radius 1 is 1.35 bits per heavy atom. The fourth-order valence-electron chi connectivity index (χ4n) is 2.39. The number of carbonyl (C=O) groups is 2. The summed E-state index contributed by atoms with van der Waals surface area (Å²) in [5.74, 6) is -1.49. The molecule has 1 atom stereocenters. The molecular formula is C17H18FNO4. The molecule has 0 aliphatic heterocycles. The molecule has 0 saturated heterocycles. The van der Waals surface area contributed by atoms with Gasteiger partial charge in [0, 0.05) is 7.05 Å². The average molecular weight is 319 g/mol. The van der Waals surface area contributed by atoms with E-state index >= 15 is 0 Å². The van der Waals surface area contributed by atoms with Gasteiger partial charge in [0.05, 0.1) is 12.5 Å². The minimum atomic E-state index is -1.07. The maximum atomic E-state index is 13.3. The highest BCUT2D eigenvalue weighted by Crippen LogP contribution is 2.21. The molecule has 0 radical (unpaired) electrons. The predicted octanol–water partition coefficient (Wildman–Crippen LogP) is 3.19. The highest BCUT2D eigenvalue weighted by Gasteiger charge is 2.22. The molecule has 1 unspecified atom stereocenters. The van der Waals surface area contributed by atoms with Gasteiger partial charge in [0.15, 0.2) is 0 Å². The van der Waals surface area contributed by atoms with Crippen LogP contribution in [0, 0.1) is 12.7 Å². The van der Waals surface area contributed by atoms with Gasteiger partial charge in [-0.3, -0.25) is 4.79 Å². The molecule has 2 aromatic rings. The molecule has 1 aromatic carbocycles. The number of halogens is 1. The third kappa shape index (κ3) is 3.77. The maximum absolute atomic E-state index is 13.3. The molecule has 1 N–H and O–H groups in total. The zero-order valence-electron chi connectivity index (χ0n) is 13.2. The van der Waals surface area contributed by atoms with Crippen LogP contribution in [0.2, 0.25) is 0 Å². The Kier molecular flexibility index (Phi) is 4.83. The summed E-state index contributed by atoms with van der Waals surface area (Å²) in [5, 5.41) is 9.01. The second-order valence-electron chi connectivity index (χ2n) is 5.46. The van der Waals surface area contributed by atoms with Gasteiger partial charge in [-0.2, -0.15) is 0 Å². The molecule has 1 aromatic heterocycles. The van der Waals surface area contributed by atoms with Gasteiger partial charge in [0.1, 0.15) is 22.9 Å². The second-order valence-corrected chi connectivity index (χ2v) is 5.46. The minimum absolute atomic E-state index is 0.0824. The van der Waals surface area contributed by atoms with Gasteiger partial charge >= 0.3 is 5.97 Å². The Hall–Kier alpha value is -2.63. The normalized spacial score (nSPS) is 12.0. The first-order valence-corrected chi connectivity index (χ1v) is 7.12. The van der Waals surface area contributed by atoms with Crippen molar-refractivity contribution in [1.82, 2.24) is 4.90 Å². The van der Waals surface area contributed by atoms with Crippen LogP contribution < -0.4 is 0 Å². The molecule has 1 amide bonds. The van der Waals surface area contributed by atoms with Gasteiger partial charge in [0.25, 0.3) is 0 Å². The largest absolute Gasteiger partial charge is 0.478 e. The van der Waals surface area contributed by atoms with Crippen LogP contribution in [0.5, 0.6) is 0 Å². The Balaban J connectivity index is 2.10. The van der Waals surface area contributed by atoms with E-state index in [1.807, 2.05) is 0 Å². The van der Waals surface area contributed by atoms with Gasteiger partial charge in [-0.1, -0.05) is 12.1 Å². The number of aryl methyl sites for hydroxylation is 1. The molecule has 0 saturated carbocycles. The Bertz CT molecular complexity index is 738. The first-order valence-electron chi connectivity index (χ1n) is 7.12. The molecule has 5 nitrogen and oxygen atoms in total. The highest BCUT2D eigenvalue weighted by atomic mass is 19.1. The molecular weight excluding hydrogens is 301 g/mol. The first kappa shape index (κ1) is 16.7. The minimum Gasteiger partial charge on any atom is -0.478 e. The summed E-state index contributed by atoms with van der Waals surface area (Å²) in [6.45, 7) is 3.40. The molecule has 0 aliphatic carbocycles. The van der Waals surface area contributed by atoms with Gasteiger partial charge in [-0.05, 0) is 37.6 Å².